The fraction of sp³-hybridized carbons (Fsp3) is 0.100. The molecule has 0 N–H and O–H groups in total. The topological polar surface area (TPSA) is 47.8 Å². The molecule has 0 aliphatic heterocycles. The highest BCUT2D eigenvalue weighted by molar-refractivity contribution is 14.1. The normalized spacial score (nSPS) is 10.4. The van der Waals surface area contributed by atoms with E-state index in [4.69, 9.17) is 0 Å². The largest absolute Gasteiger partial charge is 0.292 e. The molecule has 1 aromatic carbocycles. The van der Waals surface area contributed by atoms with Gasteiger partial charge in [0, 0.05) is 28.2 Å². The van der Waals surface area contributed by atoms with Crippen molar-refractivity contribution in [1.29, 1.82) is 0 Å². The van der Waals surface area contributed by atoms with Crippen LogP contribution in [-0.2, 0) is 6.54 Å². The predicted molar refractivity (Wildman–Crippen MR) is 63.5 cm³/mol. The number of carbonyl (C=O) groups excluding carboxylic acids is 1. The van der Waals surface area contributed by atoms with Crippen molar-refractivity contribution < 1.29 is 9.18 Å². The maximum absolute atomic E-state index is 12.6. The van der Waals surface area contributed by atoms with E-state index >= 15 is 0 Å². The van der Waals surface area contributed by atoms with E-state index in [0.717, 1.165) is 0 Å². The number of ketones is 1. The molecule has 0 atom stereocenters. The summed E-state index contributed by atoms with van der Waals surface area (Å²) in [7, 11) is 0. The van der Waals surface area contributed by atoms with Crippen LogP contribution in [0.25, 0.3) is 0 Å². The first-order valence-corrected chi connectivity index (χ1v) is 5.57. The highest BCUT2D eigenvalue weighted by atomic mass is 127. The Balaban J connectivity index is 2.11. The van der Waals surface area contributed by atoms with Gasteiger partial charge in [-0.2, -0.15) is 0 Å². The zero-order chi connectivity index (χ0) is 11.5. The second kappa shape index (κ2) is 4.69. The van der Waals surface area contributed by atoms with E-state index in [1.165, 1.54) is 35.3 Å². The summed E-state index contributed by atoms with van der Waals surface area (Å²) in [5.41, 5.74) is 0.465. The molecule has 4 nitrogen and oxygen atoms in total. The lowest BCUT2D eigenvalue weighted by Crippen LogP contribution is -2.11. The Bertz CT molecular complexity index is 509. The van der Waals surface area contributed by atoms with Crippen LogP contribution < -0.4 is 0 Å². The number of halogens is 2. The summed E-state index contributed by atoms with van der Waals surface area (Å²) in [4.78, 5) is 15.6. The second-order valence-electron chi connectivity index (χ2n) is 3.14. The van der Waals surface area contributed by atoms with E-state index in [1.807, 2.05) is 22.6 Å². The third kappa shape index (κ3) is 2.63. The van der Waals surface area contributed by atoms with Crippen LogP contribution in [0, 0.1) is 9.65 Å². The molecule has 0 aliphatic carbocycles. The average molecular weight is 331 g/mol. The predicted octanol–water partition coefficient (Wildman–Crippen LogP) is 1.90. The van der Waals surface area contributed by atoms with Crippen LogP contribution in [0.2, 0.25) is 0 Å². The van der Waals surface area contributed by atoms with E-state index in [9.17, 15) is 9.18 Å². The van der Waals surface area contributed by atoms with Crippen LogP contribution in [0.15, 0.2) is 30.6 Å². The highest BCUT2D eigenvalue weighted by Gasteiger charge is 2.07. The standard InChI is InChI=1S/C10H7FIN3O/c11-8-3-1-7(2-4-8)9(16)5-15-6-13-10(12)14-15/h1-4,6H,5H2. The lowest BCUT2D eigenvalue weighted by atomic mass is 10.1. The van der Waals surface area contributed by atoms with Gasteiger partial charge >= 0.3 is 0 Å². The van der Waals surface area contributed by atoms with Gasteiger partial charge in [0.05, 0.1) is 0 Å². The van der Waals surface area contributed by atoms with Crippen LogP contribution in [0.1, 0.15) is 10.4 Å². The summed E-state index contributed by atoms with van der Waals surface area (Å²) < 4.78 is 14.7. The van der Waals surface area contributed by atoms with Crippen molar-refractivity contribution in [1.82, 2.24) is 14.8 Å². The lowest BCUT2D eigenvalue weighted by Gasteiger charge is -2.00. The Labute approximate surface area is 105 Å². The Morgan fingerprint density at radius 3 is 2.62 bits per heavy atom. The molecule has 0 radical (unpaired) electrons. The highest BCUT2D eigenvalue weighted by Crippen LogP contribution is 2.05. The molecule has 0 bridgehead atoms. The van der Waals surface area contributed by atoms with Crippen molar-refractivity contribution in [3.63, 3.8) is 0 Å². The zero-order valence-corrected chi connectivity index (χ0v) is 10.3. The third-order valence-electron chi connectivity index (χ3n) is 1.98. The second-order valence-corrected chi connectivity index (χ2v) is 4.11. The van der Waals surface area contributed by atoms with Crippen LogP contribution in [-0.4, -0.2) is 20.5 Å². The zero-order valence-electron chi connectivity index (χ0n) is 8.10. The van der Waals surface area contributed by atoms with Gasteiger partial charge in [-0.3, -0.25) is 4.79 Å². The summed E-state index contributed by atoms with van der Waals surface area (Å²) in [6.07, 6.45) is 1.49. The summed E-state index contributed by atoms with van der Waals surface area (Å²) in [5, 5.41) is 3.99. The number of aromatic nitrogens is 3. The van der Waals surface area contributed by atoms with Crippen molar-refractivity contribution >= 4 is 28.4 Å². The summed E-state index contributed by atoms with van der Waals surface area (Å²) >= 11 is 1.96. The van der Waals surface area contributed by atoms with Crippen LogP contribution in [0.3, 0.4) is 0 Å². The number of nitrogens with zero attached hydrogens (tertiary/aromatic N) is 3. The first-order valence-electron chi connectivity index (χ1n) is 4.49. The molecule has 82 valence electrons. The van der Waals surface area contributed by atoms with Gasteiger partial charge in [0.2, 0.25) is 3.83 Å². The maximum Gasteiger partial charge on any atom is 0.211 e. The fourth-order valence-corrected chi connectivity index (χ4v) is 1.62. The van der Waals surface area contributed by atoms with Crippen molar-refractivity contribution in [3.05, 3.63) is 45.8 Å². The molecule has 0 spiro atoms. The van der Waals surface area contributed by atoms with Crippen LogP contribution >= 0.6 is 22.6 Å². The van der Waals surface area contributed by atoms with Crippen LogP contribution in [0.4, 0.5) is 4.39 Å². The Hall–Kier alpha value is -1.31. The van der Waals surface area contributed by atoms with E-state index in [2.05, 4.69) is 10.1 Å². The van der Waals surface area contributed by atoms with Crippen molar-refractivity contribution in [2.24, 2.45) is 0 Å². The van der Waals surface area contributed by atoms with E-state index in [1.54, 1.807) is 0 Å². The monoisotopic (exact) mass is 331 g/mol. The molecule has 6 heteroatoms. The number of carbonyl (C=O) groups is 1. The number of hydrogen-bond donors (Lipinski definition) is 0. The van der Waals surface area contributed by atoms with Gasteiger partial charge in [-0.05, 0) is 24.3 Å². The van der Waals surface area contributed by atoms with Gasteiger partial charge in [0.25, 0.3) is 0 Å². The van der Waals surface area contributed by atoms with E-state index < -0.39 is 0 Å². The molecule has 0 aliphatic rings. The van der Waals surface area contributed by atoms with Gasteiger partial charge in [-0.1, -0.05) is 0 Å². The van der Waals surface area contributed by atoms with Crippen molar-refractivity contribution in [2.45, 2.75) is 6.54 Å². The van der Waals surface area contributed by atoms with E-state index in [-0.39, 0.29) is 18.1 Å². The minimum absolute atomic E-state index is 0.113. The smallest absolute Gasteiger partial charge is 0.211 e. The van der Waals surface area contributed by atoms with Crippen LogP contribution in [0.5, 0.6) is 0 Å². The molecular formula is C10H7FIN3O. The fourth-order valence-electron chi connectivity index (χ4n) is 1.22. The van der Waals surface area contributed by atoms with Crippen molar-refractivity contribution in [3.8, 4) is 0 Å². The van der Waals surface area contributed by atoms with E-state index in [0.29, 0.717) is 9.39 Å². The van der Waals surface area contributed by atoms with Gasteiger partial charge in [0.15, 0.2) is 5.78 Å². The van der Waals surface area contributed by atoms with Gasteiger partial charge in [-0.15, -0.1) is 5.10 Å². The Morgan fingerprint density at radius 1 is 1.38 bits per heavy atom. The lowest BCUT2D eigenvalue weighted by molar-refractivity contribution is 0.0967. The molecule has 0 fully saturated rings. The third-order valence-corrected chi connectivity index (χ3v) is 2.47. The summed E-state index contributed by atoms with van der Waals surface area (Å²) in [6, 6.07) is 5.44. The van der Waals surface area contributed by atoms with Gasteiger partial charge < -0.3 is 0 Å². The minimum atomic E-state index is -0.355. The first kappa shape index (κ1) is 11.2. The first-order chi connectivity index (χ1) is 7.65. The number of rotatable bonds is 3. The Morgan fingerprint density at radius 2 is 2.06 bits per heavy atom. The molecule has 2 rings (SSSR count). The number of benzene rings is 1. The summed E-state index contributed by atoms with van der Waals surface area (Å²) in [5.74, 6) is -0.479. The van der Waals surface area contributed by atoms with Gasteiger partial charge in [0.1, 0.15) is 18.7 Å². The average Bonchev–Trinajstić information content (AvgIpc) is 2.65. The SMILES string of the molecule is O=C(Cn1cnc(I)n1)c1ccc(F)cc1. The maximum atomic E-state index is 12.6. The molecule has 1 heterocycles. The molecule has 1 aromatic heterocycles. The van der Waals surface area contributed by atoms with Crippen molar-refractivity contribution in [2.75, 3.05) is 0 Å². The Kier molecular flexibility index (Phi) is 3.28. The number of hydrogen-bond acceptors (Lipinski definition) is 3. The molecule has 0 saturated heterocycles. The number of Topliss-reactive ketones (excluding diaryl/α,β-unsaturated/α-hetero) is 1. The molecule has 0 amide bonds. The molecule has 0 unspecified atom stereocenters. The van der Waals surface area contributed by atoms with Gasteiger partial charge in [-0.25, -0.2) is 14.1 Å². The summed E-state index contributed by atoms with van der Waals surface area (Å²) in [6.45, 7) is 0.113. The quantitative estimate of drug-likeness (QED) is 0.638. The molecular weight excluding hydrogens is 324 g/mol. The molecule has 16 heavy (non-hydrogen) atoms. The molecule has 2 aromatic rings. The minimum Gasteiger partial charge on any atom is -0.292 e. The molecule has 0 saturated carbocycles.